The highest BCUT2D eigenvalue weighted by molar-refractivity contribution is 8.00. The molecule has 5 heteroatoms. The van der Waals surface area contributed by atoms with Crippen molar-refractivity contribution in [2.24, 2.45) is 5.41 Å². The van der Waals surface area contributed by atoms with Crippen molar-refractivity contribution < 1.29 is 9.59 Å². The third-order valence-electron chi connectivity index (χ3n) is 5.24. The highest BCUT2D eigenvalue weighted by Gasteiger charge is 2.46. The number of carbonyl (C=O) groups excluding carboxylic acids is 2. The molecule has 0 unspecified atom stereocenters. The van der Waals surface area contributed by atoms with Crippen LogP contribution in [0.5, 0.6) is 0 Å². The van der Waals surface area contributed by atoms with Crippen LogP contribution in [0.3, 0.4) is 0 Å². The summed E-state index contributed by atoms with van der Waals surface area (Å²) < 4.78 is 0. The molecule has 0 aliphatic carbocycles. The summed E-state index contributed by atoms with van der Waals surface area (Å²) in [5.41, 5.74) is 1.05. The lowest BCUT2D eigenvalue weighted by Crippen LogP contribution is -2.53. The summed E-state index contributed by atoms with van der Waals surface area (Å²) in [5, 5.41) is 0. The molecule has 0 saturated carbocycles. The summed E-state index contributed by atoms with van der Waals surface area (Å²) in [6.07, 6.45) is 5.88. The minimum atomic E-state index is -0.142. The predicted molar refractivity (Wildman–Crippen MR) is 112 cm³/mol. The Bertz CT molecular complexity index is 701. The Hall–Kier alpha value is -1.75. The van der Waals surface area contributed by atoms with Crippen LogP contribution in [0.15, 0.2) is 36.4 Å². The minimum absolute atomic E-state index is 0.0125. The van der Waals surface area contributed by atoms with E-state index in [4.69, 9.17) is 0 Å². The standard InChI is InChI=1S/C22H30N2O2S/c1-21(2,3)17-20(26)23-13-11-22(12-14-23)24(15-16-27-22)19(25)10-9-18-7-5-4-6-8-18/h4-10H,11-17H2,1-3H3/b10-9+. The van der Waals surface area contributed by atoms with Crippen LogP contribution in [0.25, 0.3) is 6.08 Å². The molecule has 1 aromatic carbocycles. The van der Waals surface area contributed by atoms with Gasteiger partial charge in [0.05, 0.1) is 4.87 Å². The molecule has 2 fully saturated rings. The minimum Gasteiger partial charge on any atom is -0.342 e. The van der Waals surface area contributed by atoms with E-state index >= 15 is 0 Å². The number of thioether (sulfide) groups is 1. The van der Waals surface area contributed by atoms with E-state index in [2.05, 4.69) is 20.8 Å². The van der Waals surface area contributed by atoms with Gasteiger partial charge < -0.3 is 9.80 Å². The third kappa shape index (κ3) is 4.95. The summed E-state index contributed by atoms with van der Waals surface area (Å²) in [6.45, 7) is 8.58. The molecule has 27 heavy (non-hydrogen) atoms. The van der Waals surface area contributed by atoms with E-state index in [0.717, 1.165) is 43.8 Å². The van der Waals surface area contributed by atoms with Crippen molar-refractivity contribution in [1.82, 2.24) is 9.80 Å². The number of hydrogen-bond donors (Lipinski definition) is 0. The van der Waals surface area contributed by atoms with Crippen molar-refractivity contribution >= 4 is 29.7 Å². The second kappa shape index (κ2) is 8.09. The van der Waals surface area contributed by atoms with E-state index in [1.165, 1.54) is 0 Å². The first-order chi connectivity index (χ1) is 12.8. The molecule has 2 heterocycles. The molecule has 1 spiro atoms. The average Bonchev–Trinajstić information content (AvgIpc) is 3.03. The second-order valence-corrected chi connectivity index (χ2v) is 10.1. The quantitative estimate of drug-likeness (QED) is 0.737. The first-order valence-corrected chi connectivity index (χ1v) is 10.7. The van der Waals surface area contributed by atoms with Gasteiger partial charge >= 0.3 is 0 Å². The van der Waals surface area contributed by atoms with Crippen LogP contribution < -0.4 is 0 Å². The number of amides is 2. The van der Waals surface area contributed by atoms with Gasteiger partial charge in [-0.3, -0.25) is 9.59 Å². The van der Waals surface area contributed by atoms with Crippen molar-refractivity contribution in [2.45, 2.75) is 44.9 Å². The summed E-state index contributed by atoms with van der Waals surface area (Å²) in [5.74, 6) is 1.29. The molecule has 2 amide bonds. The fourth-order valence-corrected chi connectivity index (χ4v) is 5.29. The molecule has 0 atom stereocenters. The second-order valence-electron chi connectivity index (χ2n) is 8.65. The van der Waals surface area contributed by atoms with Gasteiger partial charge in [-0.25, -0.2) is 0 Å². The predicted octanol–water partition coefficient (Wildman–Crippen LogP) is 4.03. The fourth-order valence-electron chi connectivity index (χ4n) is 3.83. The lowest BCUT2D eigenvalue weighted by Gasteiger charge is -2.44. The van der Waals surface area contributed by atoms with Crippen LogP contribution in [0.1, 0.15) is 45.6 Å². The van der Waals surface area contributed by atoms with Gasteiger partial charge in [0, 0.05) is 37.9 Å². The van der Waals surface area contributed by atoms with Gasteiger partial charge in [-0.2, -0.15) is 0 Å². The molecule has 0 aromatic heterocycles. The highest BCUT2D eigenvalue weighted by atomic mass is 32.2. The molecule has 0 radical (unpaired) electrons. The van der Waals surface area contributed by atoms with Crippen LogP contribution in [0, 0.1) is 5.41 Å². The maximum Gasteiger partial charge on any atom is 0.247 e. The smallest absolute Gasteiger partial charge is 0.247 e. The van der Waals surface area contributed by atoms with Gasteiger partial charge in [-0.15, -0.1) is 11.8 Å². The van der Waals surface area contributed by atoms with Crippen molar-refractivity contribution in [3.05, 3.63) is 42.0 Å². The number of nitrogens with zero attached hydrogens (tertiary/aromatic N) is 2. The van der Waals surface area contributed by atoms with Crippen molar-refractivity contribution in [1.29, 1.82) is 0 Å². The average molecular weight is 387 g/mol. The van der Waals surface area contributed by atoms with Gasteiger partial charge in [-0.1, -0.05) is 51.1 Å². The zero-order chi connectivity index (χ0) is 19.5. The number of likely N-dealkylation sites (tertiary alicyclic amines) is 1. The van der Waals surface area contributed by atoms with Gasteiger partial charge in [0.25, 0.3) is 0 Å². The molecule has 0 bridgehead atoms. The number of carbonyl (C=O) groups is 2. The Morgan fingerprint density at radius 3 is 2.41 bits per heavy atom. The zero-order valence-corrected chi connectivity index (χ0v) is 17.4. The summed E-state index contributed by atoms with van der Waals surface area (Å²) in [4.78, 5) is 29.2. The van der Waals surface area contributed by atoms with E-state index < -0.39 is 0 Å². The van der Waals surface area contributed by atoms with Gasteiger partial charge in [-0.05, 0) is 29.9 Å². The van der Waals surface area contributed by atoms with Crippen LogP contribution in [-0.4, -0.2) is 51.9 Å². The normalized spacial score (nSPS) is 19.8. The number of hydrogen-bond acceptors (Lipinski definition) is 3. The molecule has 0 N–H and O–H groups in total. The molecular formula is C22H30N2O2S. The molecule has 4 nitrogen and oxygen atoms in total. The van der Waals surface area contributed by atoms with Crippen LogP contribution in [0.2, 0.25) is 0 Å². The van der Waals surface area contributed by atoms with Gasteiger partial charge in [0.1, 0.15) is 0 Å². The maximum atomic E-state index is 12.8. The lowest BCUT2D eigenvalue weighted by atomic mass is 9.91. The lowest BCUT2D eigenvalue weighted by molar-refractivity contribution is -0.136. The third-order valence-corrected chi connectivity index (χ3v) is 6.79. The van der Waals surface area contributed by atoms with Gasteiger partial charge in [0.2, 0.25) is 11.8 Å². The number of rotatable bonds is 3. The molecule has 1 aromatic rings. The Morgan fingerprint density at radius 1 is 1.11 bits per heavy atom. The summed E-state index contributed by atoms with van der Waals surface area (Å²) in [7, 11) is 0. The Balaban J connectivity index is 1.62. The Morgan fingerprint density at radius 2 is 1.78 bits per heavy atom. The van der Waals surface area contributed by atoms with Crippen LogP contribution in [-0.2, 0) is 9.59 Å². The summed E-state index contributed by atoms with van der Waals surface area (Å²) in [6, 6.07) is 9.92. The first-order valence-electron chi connectivity index (χ1n) is 9.76. The summed E-state index contributed by atoms with van der Waals surface area (Å²) >= 11 is 1.88. The number of benzene rings is 1. The van der Waals surface area contributed by atoms with E-state index in [1.807, 2.05) is 58.0 Å². The van der Waals surface area contributed by atoms with Crippen LogP contribution in [0.4, 0.5) is 0 Å². The number of piperidine rings is 1. The van der Waals surface area contributed by atoms with Gasteiger partial charge in [0.15, 0.2) is 0 Å². The molecular weight excluding hydrogens is 356 g/mol. The van der Waals surface area contributed by atoms with E-state index in [9.17, 15) is 9.59 Å². The largest absolute Gasteiger partial charge is 0.342 e. The Labute approximate surface area is 167 Å². The SMILES string of the molecule is CC(C)(C)CC(=O)N1CCC2(CC1)SCCN2C(=O)/C=C/c1ccccc1. The van der Waals surface area contributed by atoms with E-state index in [0.29, 0.717) is 6.42 Å². The monoisotopic (exact) mass is 386 g/mol. The van der Waals surface area contributed by atoms with E-state index in [1.54, 1.807) is 6.08 Å². The fraction of sp³-hybridized carbons (Fsp3) is 0.545. The first kappa shape index (κ1) is 20.0. The van der Waals surface area contributed by atoms with E-state index in [-0.39, 0.29) is 22.1 Å². The molecule has 2 saturated heterocycles. The van der Waals surface area contributed by atoms with Crippen LogP contribution >= 0.6 is 11.8 Å². The molecule has 146 valence electrons. The highest BCUT2D eigenvalue weighted by Crippen LogP contribution is 2.44. The molecule has 3 rings (SSSR count). The van der Waals surface area contributed by atoms with Crippen molar-refractivity contribution in [2.75, 3.05) is 25.4 Å². The molecule has 2 aliphatic heterocycles. The Kier molecular flexibility index (Phi) is 5.99. The topological polar surface area (TPSA) is 40.6 Å². The maximum absolute atomic E-state index is 12.8. The zero-order valence-electron chi connectivity index (χ0n) is 16.6. The molecule has 2 aliphatic rings. The van der Waals surface area contributed by atoms with Crippen molar-refractivity contribution in [3.63, 3.8) is 0 Å². The van der Waals surface area contributed by atoms with Crippen molar-refractivity contribution in [3.8, 4) is 0 Å².